The van der Waals surface area contributed by atoms with Crippen molar-refractivity contribution in [2.24, 2.45) is 0 Å². The minimum atomic E-state index is -4.20. The molecule has 0 aliphatic heterocycles. The van der Waals surface area contributed by atoms with Crippen LogP contribution in [-0.4, -0.2) is 44.3 Å². The molecule has 0 radical (unpaired) electrons. The second-order valence-corrected chi connectivity index (χ2v) is 13.8. The van der Waals surface area contributed by atoms with Gasteiger partial charge in [0.05, 0.1) is 10.6 Å². The van der Waals surface area contributed by atoms with E-state index in [1.807, 2.05) is 63.2 Å². The van der Waals surface area contributed by atoms with E-state index in [2.05, 4.69) is 5.32 Å². The number of nitrogens with one attached hydrogen (secondary N) is 1. The third kappa shape index (κ3) is 8.69. The molecule has 46 heavy (non-hydrogen) atoms. The average Bonchev–Trinajstić information content (AvgIpc) is 3.05. The Kier molecular flexibility index (Phi) is 12.3. The molecule has 0 spiro atoms. The van der Waals surface area contributed by atoms with Crippen LogP contribution in [0.2, 0.25) is 10.0 Å². The lowest BCUT2D eigenvalue weighted by Crippen LogP contribution is -2.53. The summed E-state index contributed by atoms with van der Waals surface area (Å²) in [6.07, 6.45) is 1.46. The maximum Gasteiger partial charge on any atom is 0.264 e. The molecular formula is C36H39Cl2N3O4S. The van der Waals surface area contributed by atoms with Crippen molar-refractivity contribution in [1.29, 1.82) is 0 Å². The van der Waals surface area contributed by atoms with Gasteiger partial charge in [-0.15, -0.1) is 0 Å². The van der Waals surface area contributed by atoms with Crippen LogP contribution in [0.1, 0.15) is 42.5 Å². The lowest BCUT2D eigenvalue weighted by molar-refractivity contribution is -0.140. The van der Waals surface area contributed by atoms with Gasteiger partial charge in [0, 0.05) is 29.6 Å². The summed E-state index contributed by atoms with van der Waals surface area (Å²) in [5.41, 5.74) is 3.49. The third-order valence-corrected chi connectivity index (χ3v) is 10.1. The van der Waals surface area contributed by atoms with Crippen molar-refractivity contribution in [2.75, 3.05) is 17.4 Å². The van der Waals surface area contributed by atoms with Crippen LogP contribution in [0.25, 0.3) is 0 Å². The number of benzene rings is 4. The molecule has 1 N–H and O–H groups in total. The van der Waals surface area contributed by atoms with E-state index in [1.54, 1.807) is 54.6 Å². The summed E-state index contributed by atoms with van der Waals surface area (Å²) in [5, 5.41) is 3.71. The lowest BCUT2D eigenvalue weighted by Gasteiger charge is -2.34. The molecule has 2 amide bonds. The van der Waals surface area contributed by atoms with Crippen molar-refractivity contribution in [3.8, 4) is 0 Å². The fourth-order valence-corrected chi connectivity index (χ4v) is 7.08. The van der Waals surface area contributed by atoms with Gasteiger partial charge >= 0.3 is 0 Å². The monoisotopic (exact) mass is 679 g/mol. The molecule has 242 valence electrons. The number of aryl methyl sites for hydroxylation is 2. The van der Waals surface area contributed by atoms with Crippen molar-refractivity contribution in [1.82, 2.24) is 10.2 Å². The topological polar surface area (TPSA) is 86.8 Å². The van der Waals surface area contributed by atoms with Gasteiger partial charge in [-0.3, -0.25) is 13.9 Å². The SMILES string of the molecule is CCCNC(=O)[C@H](Cc1ccccc1)N(Cc1ccc(Cl)cc1Cl)C(=O)CN(c1ccccc1CC)S(=O)(=O)c1ccc(C)cc1. The summed E-state index contributed by atoms with van der Waals surface area (Å²) in [4.78, 5) is 29.9. The van der Waals surface area contributed by atoms with Crippen molar-refractivity contribution < 1.29 is 18.0 Å². The van der Waals surface area contributed by atoms with E-state index in [4.69, 9.17) is 23.2 Å². The van der Waals surface area contributed by atoms with E-state index >= 15 is 0 Å². The summed E-state index contributed by atoms with van der Waals surface area (Å²) >= 11 is 12.8. The summed E-state index contributed by atoms with van der Waals surface area (Å²) < 4.78 is 29.7. The molecule has 4 aromatic carbocycles. The second kappa shape index (κ2) is 16.1. The largest absolute Gasteiger partial charge is 0.354 e. The first-order valence-corrected chi connectivity index (χ1v) is 17.5. The minimum Gasteiger partial charge on any atom is -0.354 e. The van der Waals surface area contributed by atoms with Gasteiger partial charge in [-0.1, -0.05) is 109 Å². The molecule has 0 aliphatic rings. The number of carbonyl (C=O) groups excluding carboxylic acids is 2. The zero-order valence-corrected chi connectivity index (χ0v) is 28.6. The molecule has 0 bridgehead atoms. The summed E-state index contributed by atoms with van der Waals surface area (Å²) in [6.45, 7) is 5.60. The Morgan fingerprint density at radius 2 is 1.52 bits per heavy atom. The molecule has 7 nitrogen and oxygen atoms in total. The summed E-state index contributed by atoms with van der Waals surface area (Å²) in [5.74, 6) is -0.897. The van der Waals surface area contributed by atoms with Gasteiger partial charge in [-0.2, -0.15) is 0 Å². The van der Waals surface area contributed by atoms with Crippen molar-refractivity contribution in [3.63, 3.8) is 0 Å². The van der Waals surface area contributed by atoms with E-state index in [0.717, 1.165) is 21.0 Å². The van der Waals surface area contributed by atoms with Crippen molar-refractivity contribution >= 4 is 50.7 Å². The number of anilines is 1. The summed E-state index contributed by atoms with van der Waals surface area (Å²) in [6, 6.07) is 27.1. The first kappa shape index (κ1) is 35.0. The Hall–Kier alpha value is -3.85. The van der Waals surface area contributed by atoms with Crippen LogP contribution < -0.4 is 9.62 Å². The second-order valence-electron chi connectivity index (χ2n) is 11.1. The zero-order chi connectivity index (χ0) is 33.3. The highest BCUT2D eigenvalue weighted by atomic mass is 35.5. The van der Waals surface area contributed by atoms with Gasteiger partial charge in [0.1, 0.15) is 12.6 Å². The maximum atomic E-state index is 14.6. The highest BCUT2D eigenvalue weighted by Gasteiger charge is 2.35. The Balaban J connectivity index is 1.84. The molecule has 0 heterocycles. The van der Waals surface area contributed by atoms with Gasteiger partial charge in [0.2, 0.25) is 11.8 Å². The number of sulfonamides is 1. The maximum absolute atomic E-state index is 14.6. The fraction of sp³-hybridized carbons (Fsp3) is 0.278. The molecule has 0 aliphatic carbocycles. The summed E-state index contributed by atoms with van der Waals surface area (Å²) in [7, 11) is -4.20. The number of hydrogen-bond acceptors (Lipinski definition) is 4. The molecule has 4 aromatic rings. The predicted octanol–water partition coefficient (Wildman–Crippen LogP) is 7.23. The molecule has 4 rings (SSSR count). The third-order valence-electron chi connectivity index (χ3n) is 7.71. The zero-order valence-electron chi connectivity index (χ0n) is 26.2. The van der Waals surface area contributed by atoms with E-state index < -0.39 is 28.5 Å². The number of nitrogens with zero attached hydrogens (tertiary/aromatic N) is 2. The molecule has 10 heteroatoms. The molecular weight excluding hydrogens is 641 g/mol. The van der Waals surface area contributed by atoms with Gasteiger partial charge in [0.25, 0.3) is 10.0 Å². The minimum absolute atomic E-state index is 0.0419. The Morgan fingerprint density at radius 1 is 0.848 bits per heavy atom. The van der Waals surface area contributed by atoms with Crippen LogP contribution in [-0.2, 0) is 39.0 Å². The highest BCUT2D eigenvalue weighted by molar-refractivity contribution is 7.92. The average molecular weight is 681 g/mol. The number of amides is 2. The quantitative estimate of drug-likeness (QED) is 0.152. The number of para-hydroxylation sites is 1. The Labute approximate surface area is 282 Å². The van der Waals surface area contributed by atoms with Gasteiger partial charge < -0.3 is 10.2 Å². The predicted molar refractivity (Wildman–Crippen MR) is 186 cm³/mol. The van der Waals surface area contributed by atoms with Crippen molar-refractivity contribution in [2.45, 2.75) is 57.5 Å². The van der Waals surface area contributed by atoms with Crippen LogP contribution >= 0.6 is 23.2 Å². The first-order valence-electron chi connectivity index (χ1n) is 15.3. The lowest BCUT2D eigenvalue weighted by atomic mass is 10.0. The van der Waals surface area contributed by atoms with Gasteiger partial charge in [-0.25, -0.2) is 8.42 Å². The van der Waals surface area contributed by atoms with Crippen LogP contribution in [0.5, 0.6) is 0 Å². The number of halogens is 2. The molecule has 0 saturated carbocycles. The number of rotatable bonds is 14. The van der Waals surface area contributed by atoms with E-state index in [-0.39, 0.29) is 23.8 Å². The fourth-order valence-electron chi connectivity index (χ4n) is 5.16. The van der Waals surface area contributed by atoms with Crippen LogP contribution in [0.4, 0.5) is 5.69 Å². The van der Waals surface area contributed by atoms with Crippen LogP contribution in [0, 0.1) is 6.92 Å². The standard InChI is InChI=1S/C36H39Cl2N3O4S/c1-4-21-39-36(43)34(22-27-11-7-6-8-12-27)40(24-29-17-18-30(37)23-32(29)38)35(42)25-41(33-14-10-9-13-28(33)5-2)46(44,45)31-19-15-26(3)16-20-31/h6-20,23,34H,4-5,21-22,24-25H2,1-3H3,(H,39,43)/t34-/m0/s1. The molecule has 0 fully saturated rings. The Morgan fingerprint density at radius 3 is 2.17 bits per heavy atom. The number of carbonyl (C=O) groups is 2. The van der Waals surface area contributed by atoms with Crippen LogP contribution in [0.15, 0.2) is 102 Å². The smallest absolute Gasteiger partial charge is 0.264 e. The van der Waals surface area contributed by atoms with Crippen molar-refractivity contribution in [3.05, 3.63) is 129 Å². The molecule has 0 aromatic heterocycles. The first-order chi connectivity index (χ1) is 22.0. The van der Waals surface area contributed by atoms with Gasteiger partial charge in [-0.05, 0) is 66.8 Å². The van der Waals surface area contributed by atoms with Crippen LogP contribution in [0.3, 0.4) is 0 Å². The molecule has 0 saturated heterocycles. The molecule has 0 unspecified atom stereocenters. The highest BCUT2D eigenvalue weighted by Crippen LogP contribution is 2.29. The number of hydrogen-bond donors (Lipinski definition) is 1. The van der Waals surface area contributed by atoms with Gasteiger partial charge in [0.15, 0.2) is 0 Å². The van der Waals surface area contributed by atoms with E-state index in [1.165, 1.54) is 4.90 Å². The molecule has 1 atom stereocenters. The van der Waals surface area contributed by atoms with E-state index in [9.17, 15) is 18.0 Å². The van der Waals surface area contributed by atoms with E-state index in [0.29, 0.717) is 40.7 Å². The normalized spacial score (nSPS) is 11.9. The Bertz CT molecular complexity index is 1750.